The van der Waals surface area contributed by atoms with E-state index >= 15 is 0 Å². The highest BCUT2D eigenvalue weighted by molar-refractivity contribution is 7.18. The maximum atomic E-state index is 10.2. The van der Waals surface area contributed by atoms with Gasteiger partial charge in [-0.25, -0.2) is 4.98 Å². The highest BCUT2D eigenvalue weighted by Gasteiger charge is 2.61. The van der Waals surface area contributed by atoms with Gasteiger partial charge in [0.2, 0.25) is 0 Å². The van der Waals surface area contributed by atoms with Gasteiger partial charge in [-0.3, -0.25) is 0 Å². The van der Waals surface area contributed by atoms with Gasteiger partial charge < -0.3 is 19.7 Å². The monoisotopic (exact) mass is 279 g/mol. The van der Waals surface area contributed by atoms with Crippen LogP contribution in [0.3, 0.4) is 0 Å². The van der Waals surface area contributed by atoms with E-state index < -0.39 is 23.9 Å². The molecule has 2 aliphatic rings. The number of aliphatic hydroxyl groups excluding tert-OH is 2. The maximum Gasteiger partial charge on any atom is 0.144 e. The van der Waals surface area contributed by atoms with E-state index in [1.54, 1.807) is 0 Å². The van der Waals surface area contributed by atoms with Crippen molar-refractivity contribution in [3.8, 4) is 0 Å². The number of hydrogen-bond acceptors (Lipinski definition) is 6. The number of thiazole rings is 1. The predicted molar refractivity (Wildman–Crippen MR) is 69.0 cm³/mol. The number of ether oxygens (including phenoxy) is 2. The third-order valence-electron chi connectivity index (χ3n) is 3.85. The van der Waals surface area contributed by atoms with Crippen molar-refractivity contribution in [1.29, 1.82) is 0 Å². The van der Waals surface area contributed by atoms with Crippen LogP contribution in [0.25, 0.3) is 10.2 Å². The quantitative estimate of drug-likeness (QED) is 0.853. The highest BCUT2D eigenvalue weighted by Crippen LogP contribution is 2.48. The Kier molecular flexibility index (Phi) is 2.46. The summed E-state index contributed by atoms with van der Waals surface area (Å²) in [6.45, 7) is -0.0111. The number of aliphatic hydroxyl groups is 2. The van der Waals surface area contributed by atoms with Crippen LogP contribution >= 0.6 is 11.3 Å². The van der Waals surface area contributed by atoms with Crippen molar-refractivity contribution in [3.63, 3.8) is 0 Å². The van der Waals surface area contributed by atoms with E-state index in [9.17, 15) is 10.2 Å². The molecule has 2 fully saturated rings. The lowest BCUT2D eigenvalue weighted by Crippen LogP contribution is -2.43. The Bertz CT molecular complexity index is 597. The van der Waals surface area contributed by atoms with Crippen molar-refractivity contribution in [2.24, 2.45) is 0 Å². The van der Waals surface area contributed by atoms with Crippen molar-refractivity contribution in [2.75, 3.05) is 13.2 Å². The van der Waals surface area contributed by atoms with Crippen LogP contribution in [0.4, 0.5) is 0 Å². The molecular formula is C13H13NO4S. The molecule has 4 atom stereocenters. The first kappa shape index (κ1) is 11.7. The van der Waals surface area contributed by atoms with Gasteiger partial charge in [0.05, 0.1) is 23.4 Å². The molecule has 1 aromatic carbocycles. The fourth-order valence-corrected chi connectivity index (χ4v) is 3.80. The Morgan fingerprint density at radius 2 is 2.26 bits per heavy atom. The average molecular weight is 279 g/mol. The molecule has 19 heavy (non-hydrogen) atoms. The van der Waals surface area contributed by atoms with Gasteiger partial charge in [0.25, 0.3) is 0 Å². The maximum absolute atomic E-state index is 10.2. The molecule has 4 rings (SSSR count). The Labute approximate surface area is 113 Å². The smallest absolute Gasteiger partial charge is 0.144 e. The fraction of sp³-hybridized carbons (Fsp3) is 0.462. The minimum Gasteiger partial charge on any atom is -0.393 e. The molecule has 6 heteroatoms. The summed E-state index contributed by atoms with van der Waals surface area (Å²) in [7, 11) is 0. The number of aromatic nitrogens is 1. The lowest BCUT2D eigenvalue weighted by atomic mass is 10.00. The van der Waals surface area contributed by atoms with Crippen LogP contribution in [-0.4, -0.2) is 46.2 Å². The zero-order valence-electron chi connectivity index (χ0n) is 10.0. The number of nitrogens with zero attached hydrogens (tertiary/aromatic N) is 1. The second-order valence-corrected chi connectivity index (χ2v) is 6.06. The SMILES string of the molecule is OC[C@@]12CO[C@@H]([C@H](c3nc4ccccc4s3)O1)[C@@H]2O. The highest BCUT2D eigenvalue weighted by atomic mass is 32.1. The number of rotatable bonds is 2. The van der Waals surface area contributed by atoms with E-state index in [1.807, 2.05) is 24.3 Å². The van der Waals surface area contributed by atoms with Crippen LogP contribution in [0.1, 0.15) is 11.1 Å². The molecule has 0 amide bonds. The van der Waals surface area contributed by atoms with Crippen LogP contribution in [0.5, 0.6) is 0 Å². The molecule has 2 aromatic rings. The van der Waals surface area contributed by atoms with Gasteiger partial charge in [0.1, 0.15) is 28.9 Å². The molecular weight excluding hydrogens is 266 g/mol. The Balaban J connectivity index is 1.74. The predicted octanol–water partition coefficient (Wildman–Crippen LogP) is 0.858. The molecule has 100 valence electrons. The topological polar surface area (TPSA) is 71.8 Å². The molecule has 2 saturated heterocycles. The summed E-state index contributed by atoms with van der Waals surface area (Å²) in [5, 5.41) is 20.4. The Hall–Kier alpha value is -1.05. The zero-order chi connectivity index (χ0) is 13.0. The van der Waals surface area contributed by atoms with Crippen molar-refractivity contribution in [1.82, 2.24) is 4.98 Å². The van der Waals surface area contributed by atoms with E-state index in [2.05, 4.69) is 4.98 Å². The van der Waals surface area contributed by atoms with Gasteiger partial charge in [-0.1, -0.05) is 12.1 Å². The molecule has 0 spiro atoms. The summed E-state index contributed by atoms with van der Waals surface area (Å²) < 4.78 is 12.5. The summed E-state index contributed by atoms with van der Waals surface area (Å²) >= 11 is 1.54. The minimum atomic E-state index is -0.979. The molecule has 2 N–H and O–H groups in total. The van der Waals surface area contributed by atoms with Crippen molar-refractivity contribution >= 4 is 21.6 Å². The number of para-hydroxylation sites is 1. The number of benzene rings is 1. The molecule has 5 nitrogen and oxygen atoms in total. The summed E-state index contributed by atoms with van der Waals surface area (Å²) in [6.07, 6.45) is -1.63. The average Bonchev–Trinajstić information content (AvgIpc) is 3.09. The van der Waals surface area contributed by atoms with Crippen molar-refractivity contribution in [2.45, 2.75) is 23.9 Å². The summed E-state index contributed by atoms with van der Waals surface area (Å²) in [5.74, 6) is 0. The van der Waals surface area contributed by atoms with Crippen molar-refractivity contribution < 1.29 is 19.7 Å². The summed E-state index contributed by atoms with van der Waals surface area (Å²) in [5.41, 5.74) is -0.0610. The van der Waals surface area contributed by atoms with Crippen LogP contribution in [-0.2, 0) is 9.47 Å². The van der Waals surface area contributed by atoms with Crippen LogP contribution in [0.15, 0.2) is 24.3 Å². The third-order valence-corrected chi connectivity index (χ3v) is 4.95. The molecule has 2 bridgehead atoms. The van der Waals surface area contributed by atoms with Gasteiger partial charge in [0, 0.05) is 0 Å². The van der Waals surface area contributed by atoms with Gasteiger partial charge in [-0.05, 0) is 12.1 Å². The first-order chi connectivity index (χ1) is 9.23. The summed E-state index contributed by atoms with van der Waals surface area (Å²) in [6, 6.07) is 7.85. The Morgan fingerprint density at radius 3 is 3.00 bits per heavy atom. The van der Waals surface area contributed by atoms with E-state index in [4.69, 9.17) is 9.47 Å². The van der Waals surface area contributed by atoms with Gasteiger partial charge in [0.15, 0.2) is 0 Å². The lowest BCUT2D eigenvalue weighted by Gasteiger charge is -2.27. The van der Waals surface area contributed by atoms with Crippen LogP contribution < -0.4 is 0 Å². The van der Waals surface area contributed by atoms with Gasteiger partial charge in [-0.2, -0.15) is 0 Å². The van der Waals surface area contributed by atoms with E-state index in [-0.39, 0.29) is 13.2 Å². The molecule has 0 radical (unpaired) electrons. The van der Waals surface area contributed by atoms with E-state index in [0.29, 0.717) is 0 Å². The van der Waals surface area contributed by atoms with Gasteiger partial charge >= 0.3 is 0 Å². The normalized spacial score (nSPS) is 37.3. The second kappa shape index (κ2) is 3.97. The fourth-order valence-electron chi connectivity index (χ4n) is 2.77. The third kappa shape index (κ3) is 1.52. The van der Waals surface area contributed by atoms with E-state index in [0.717, 1.165) is 15.2 Å². The molecule has 0 unspecified atom stereocenters. The first-order valence-electron chi connectivity index (χ1n) is 6.17. The molecule has 3 heterocycles. The molecule has 0 aliphatic carbocycles. The van der Waals surface area contributed by atoms with Crippen molar-refractivity contribution in [3.05, 3.63) is 29.3 Å². The molecule has 1 aromatic heterocycles. The lowest BCUT2D eigenvalue weighted by molar-refractivity contribution is -0.163. The Morgan fingerprint density at radius 1 is 1.42 bits per heavy atom. The molecule has 2 aliphatic heterocycles. The second-order valence-electron chi connectivity index (χ2n) is 5.00. The largest absolute Gasteiger partial charge is 0.393 e. The van der Waals surface area contributed by atoms with E-state index in [1.165, 1.54) is 11.3 Å². The first-order valence-corrected chi connectivity index (χ1v) is 6.99. The number of hydrogen-bond donors (Lipinski definition) is 2. The number of fused-ring (bicyclic) bond motifs is 3. The summed E-state index contributed by atoms with van der Waals surface area (Å²) in [4.78, 5) is 4.53. The molecule has 0 saturated carbocycles. The zero-order valence-corrected chi connectivity index (χ0v) is 10.8. The van der Waals surface area contributed by atoms with Gasteiger partial charge in [-0.15, -0.1) is 11.3 Å². The van der Waals surface area contributed by atoms with Crippen LogP contribution in [0.2, 0.25) is 0 Å². The standard InChI is InChI=1S/C13H13NO4S/c15-5-13-6-17-9(11(13)16)10(18-13)12-14-7-3-1-2-4-8(7)19-12/h1-4,9-11,15-16H,5-6H2/t9-,10+,11-,13-/m0/s1. The minimum absolute atomic E-state index is 0.233. The van der Waals surface area contributed by atoms with Crippen LogP contribution in [0, 0.1) is 0 Å².